The smallest absolute Gasteiger partial charge is 0.337 e. The molecule has 0 saturated heterocycles. The minimum Gasteiger partial charge on any atom is -0.478 e. The average Bonchev–Trinajstić information content (AvgIpc) is 2.56. The van der Waals surface area contributed by atoms with E-state index in [1.807, 2.05) is 18.2 Å². The number of aromatic nitrogens is 3. The van der Waals surface area contributed by atoms with Gasteiger partial charge in [0.05, 0.1) is 5.56 Å². The van der Waals surface area contributed by atoms with E-state index in [1.165, 1.54) is 6.20 Å². The molecule has 0 aliphatic carbocycles. The van der Waals surface area contributed by atoms with Gasteiger partial charge in [0.1, 0.15) is 0 Å². The Morgan fingerprint density at radius 1 is 0.810 bits per heavy atom. The lowest BCUT2D eigenvalue weighted by Gasteiger charge is -2.05. The lowest BCUT2D eigenvalue weighted by atomic mass is 10.0. The molecule has 3 rings (SSSR count). The van der Waals surface area contributed by atoms with E-state index in [-0.39, 0.29) is 5.56 Å². The number of carboxylic acid groups (broad SMARTS) is 1. The third-order valence-corrected chi connectivity index (χ3v) is 3.05. The summed E-state index contributed by atoms with van der Waals surface area (Å²) in [6, 6.07) is 7.32. The molecule has 0 aliphatic heterocycles. The number of carboxylic acids is 1. The molecule has 0 unspecified atom stereocenters. The SMILES string of the molecule is O=C(O)c1cncc(-c2cncc(-c3cccnc3)c2)c1. The average molecular weight is 277 g/mol. The Morgan fingerprint density at radius 3 is 2.10 bits per heavy atom. The third kappa shape index (κ3) is 2.76. The molecular weight excluding hydrogens is 266 g/mol. The van der Waals surface area contributed by atoms with Crippen LogP contribution in [0.15, 0.2) is 61.4 Å². The number of hydrogen-bond donors (Lipinski definition) is 1. The maximum atomic E-state index is 11.0. The first-order valence-electron chi connectivity index (χ1n) is 6.28. The monoisotopic (exact) mass is 277 g/mol. The number of rotatable bonds is 3. The van der Waals surface area contributed by atoms with Gasteiger partial charge in [-0.1, -0.05) is 6.07 Å². The van der Waals surface area contributed by atoms with E-state index in [2.05, 4.69) is 15.0 Å². The number of nitrogens with zero attached hydrogens (tertiary/aromatic N) is 3. The summed E-state index contributed by atoms with van der Waals surface area (Å²) in [4.78, 5) is 23.3. The van der Waals surface area contributed by atoms with Crippen molar-refractivity contribution in [2.75, 3.05) is 0 Å². The van der Waals surface area contributed by atoms with Crippen molar-refractivity contribution in [1.29, 1.82) is 0 Å². The van der Waals surface area contributed by atoms with Crippen molar-refractivity contribution in [2.45, 2.75) is 0 Å². The van der Waals surface area contributed by atoms with Crippen molar-refractivity contribution in [1.82, 2.24) is 15.0 Å². The van der Waals surface area contributed by atoms with Gasteiger partial charge in [-0.05, 0) is 18.2 Å². The molecule has 1 N–H and O–H groups in total. The molecule has 3 aromatic rings. The zero-order valence-corrected chi connectivity index (χ0v) is 11.0. The first-order chi connectivity index (χ1) is 10.2. The number of carbonyl (C=O) groups is 1. The molecule has 0 aromatic carbocycles. The standard InChI is InChI=1S/C16H11N3O2/c20-16(21)15-5-14(9-19-10-15)13-4-12(7-18-8-13)11-2-1-3-17-6-11/h1-10H,(H,20,21). The van der Waals surface area contributed by atoms with E-state index in [0.717, 1.165) is 16.7 Å². The lowest BCUT2D eigenvalue weighted by Crippen LogP contribution is -1.97. The van der Waals surface area contributed by atoms with Crippen LogP contribution in [-0.4, -0.2) is 26.0 Å². The van der Waals surface area contributed by atoms with Crippen LogP contribution < -0.4 is 0 Å². The van der Waals surface area contributed by atoms with Crippen LogP contribution in [0.1, 0.15) is 10.4 Å². The molecule has 0 fully saturated rings. The molecule has 21 heavy (non-hydrogen) atoms. The second-order valence-electron chi connectivity index (χ2n) is 4.47. The maximum Gasteiger partial charge on any atom is 0.337 e. The van der Waals surface area contributed by atoms with Crippen LogP contribution in [-0.2, 0) is 0 Å². The second kappa shape index (κ2) is 5.50. The highest BCUT2D eigenvalue weighted by Crippen LogP contribution is 2.24. The van der Waals surface area contributed by atoms with Gasteiger partial charge in [0.15, 0.2) is 0 Å². The molecular formula is C16H11N3O2. The van der Waals surface area contributed by atoms with Gasteiger partial charge in [-0.15, -0.1) is 0 Å². The summed E-state index contributed by atoms with van der Waals surface area (Å²) >= 11 is 0. The summed E-state index contributed by atoms with van der Waals surface area (Å²) in [5.74, 6) is -0.999. The first-order valence-corrected chi connectivity index (χ1v) is 6.28. The molecule has 0 amide bonds. The van der Waals surface area contributed by atoms with E-state index in [9.17, 15) is 4.79 Å². The summed E-state index contributed by atoms with van der Waals surface area (Å²) in [6.45, 7) is 0. The molecule has 5 nitrogen and oxygen atoms in total. The van der Waals surface area contributed by atoms with Gasteiger partial charge in [0, 0.05) is 59.4 Å². The molecule has 0 bridgehead atoms. The Morgan fingerprint density at radius 2 is 1.43 bits per heavy atom. The van der Waals surface area contributed by atoms with Gasteiger partial charge in [-0.2, -0.15) is 0 Å². The van der Waals surface area contributed by atoms with Crippen LogP contribution >= 0.6 is 0 Å². The molecule has 3 aromatic heterocycles. The van der Waals surface area contributed by atoms with Crippen LogP contribution in [0.3, 0.4) is 0 Å². The lowest BCUT2D eigenvalue weighted by molar-refractivity contribution is 0.0696. The van der Waals surface area contributed by atoms with Gasteiger partial charge in [-0.3, -0.25) is 15.0 Å². The van der Waals surface area contributed by atoms with Gasteiger partial charge < -0.3 is 5.11 Å². The molecule has 0 radical (unpaired) electrons. The van der Waals surface area contributed by atoms with Crippen LogP contribution in [0.5, 0.6) is 0 Å². The highest BCUT2D eigenvalue weighted by molar-refractivity contribution is 5.89. The summed E-state index contributed by atoms with van der Waals surface area (Å²) in [6.07, 6.45) is 9.84. The maximum absolute atomic E-state index is 11.0. The Bertz CT molecular complexity index is 788. The summed E-state index contributed by atoms with van der Waals surface area (Å²) < 4.78 is 0. The van der Waals surface area contributed by atoms with Crippen molar-refractivity contribution in [2.24, 2.45) is 0 Å². The van der Waals surface area contributed by atoms with Crippen LogP contribution in [0.4, 0.5) is 0 Å². The normalized spacial score (nSPS) is 10.3. The van der Waals surface area contributed by atoms with Crippen LogP contribution in [0.25, 0.3) is 22.3 Å². The molecule has 0 saturated carbocycles. The number of pyridine rings is 3. The molecule has 102 valence electrons. The van der Waals surface area contributed by atoms with Crippen molar-refractivity contribution >= 4 is 5.97 Å². The van der Waals surface area contributed by atoms with Crippen molar-refractivity contribution in [3.05, 3.63) is 67.0 Å². The predicted octanol–water partition coefficient (Wildman–Crippen LogP) is 2.90. The first kappa shape index (κ1) is 12.9. The van der Waals surface area contributed by atoms with Crippen LogP contribution in [0.2, 0.25) is 0 Å². The largest absolute Gasteiger partial charge is 0.478 e. The van der Waals surface area contributed by atoms with Gasteiger partial charge in [0.2, 0.25) is 0 Å². The summed E-state index contributed by atoms with van der Waals surface area (Å²) in [7, 11) is 0. The van der Waals surface area contributed by atoms with Crippen molar-refractivity contribution in [3.63, 3.8) is 0 Å². The van der Waals surface area contributed by atoms with E-state index in [0.29, 0.717) is 5.56 Å². The Labute approximate surface area is 121 Å². The minimum absolute atomic E-state index is 0.152. The zero-order chi connectivity index (χ0) is 14.7. The van der Waals surface area contributed by atoms with Gasteiger partial charge >= 0.3 is 5.97 Å². The predicted molar refractivity (Wildman–Crippen MR) is 77.7 cm³/mol. The number of aromatic carboxylic acids is 1. The van der Waals surface area contributed by atoms with E-state index >= 15 is 0 Å². The topological polar surface area (TPSA) is 76.0 Å². The van der Waals surface area contributed by atoms with E-state index in [4.69, 9.17) is 5.11 Å². The molecule has 0 atom stereocenters. The summed E-state index contributed by atoms with van der Waals surface area (Å²) in [5.41, 5.74) is 3.55. The van der Waals surface area contributed by atoms with Gasteiger partial charge in [0.25, 0.3) is 0 Å². The molecule has 0 spiro atoms. The quantitative estimate of drug-likeness (QED) is 0.796. The van der Waals surface area contributed by atoms with Crippen molar-refractivity contribution < 1.29 is 9.90 Å². The molecule has 5 heteroatoms. The Balaban J connectivity index is 2.04. The highest BCUT2D eigenvalue weighted by Gasteiger charge is 2.07. The van der Waals surface area contributed by atoms with Crippen molar-refractivity contribution in [3.8, 4) is 22.3 Å². The minimum atomic E-state index is -0.999. The summed E-state index contributed by atoms with van der Waals surface area (Å²) in [5, 5.41) is 9.02. The van der Waals surface area contributed by atoms with Crippen LogP contribution in [0, 0.1) is 0 Å². The third-order valence-electron chi connectivity index (χ3n) is 3.05. The highest BCUT2D eigenvalue weighted by atomic mass is 16.4. The van der Waals surface area contributed by atoms with E-state index < -0.39 is 5.97 Å². The second-order valence-corrected chi connectivity index (χ2v) is 4.47. The number of hydrogen-bond acceptors (Lipinski definition) is 4. The molecule has 3 heterocycles. The Hall–Kier alpha value is -3.08. The van der Waals surface area contributed by atoms with Gasteiger partial charge in [-0.25, -0.2) is 4.79 Å². The van der Waals surface area contributed by atoms with E-state index in [1.54, 1.807) is 37.1 Å². The fourth-order valence-electron chi connectivity index (χ4n) is 2.00. The fourth-order valence-corrected chi connectivity index (χ4v) is 2.00. The molecule has 0 aliphatic rings. The Kier molecular flexibility index (Phi) is 3.39. The fraction of sp³-hybridized carbons (Fsp3) is 0. The zero-order valence-electron chi connectivity index (χ0n) is 11.0.